The van der Waals surface area contributed by atoms with Crippen molar-refractivity contribution in [1.82, 2.24) is 4.57 Å². The van der Waals surface area contributed by atoms with Crippen molar-refractivity contribution < 1.29 is 24.2 Å². The van der Waals surface area contributed by atoms with Crippen molar-refractivity contribution in [3.63, 3.8) is 0 Å². The summed E-state index contributed by atoms with van der Waals surface area (Å²) in [6.45, 7) is 2.70. The zero-order valence-corrected chi connectivity index (χ0v) is 21.7. The van der Waals surface area contributed by atoms with E-state index in [1.165, 1.54) is 4.57 Å². The lowest BCUT2D eigenvalue weighted by molar-refractivity contribution is -0.136. The van der Waals surface area contributed by atoms with E-state index < -0.39 is 5.97 Å². The smallest absolute Gasteiger partial charge is 0.307 e. The van der Waals surface area contributed by atoms with Crippen molar-refractivity contribution in [2.24, 2.45) is 0 Å². The van der Waals surface area contributed by atoms with Gasteiger partial charge in [0.2, 0.25) is 0 Å². The van der Waals surface area contributed by atoms with Crippen LogP contribution in [0.4, 0.5) is 5.69 Å². The number of hydrogen-bond donors (Lipinski definition) is 1. The van der Waals surface area contributed by atoms with E-state index in [4.69, 9.17) is 32.7 Å². The number of carboxylic acid groups (broad SMARTS) is 1. The lowest BCUT2D eigenvalue weighted by Crippen LogP contribution is -2.41. The second-order valence-electron chi connectivity index (χ2n) is 8.98. The summed E-state index contributed by atoms with van der Waals surface area (Å²) in [6, 6.07) is 17.8. The highest BCUT2D eigenvalue weighted by atomic mass is 35.5. The number of ether oxygens (including phenoxy) is 2. The number of aliphatic carboxylic acids is 1. The molecule has 37 heavy (non-hydrogen) atoms. The molecule has 1 aromatic heterocycles. The van der Waals surface area contributed by atoms with Gasteiger partial charge >= 0.3 is 5.97 Å². The van der Waals surface area contributed by atoms with Gasteiger partial charge in [-0.2, -0.15) is 0 Å². The Morgan fingerprint density at radius 1 is 1.11 bits per heavy atom. The van der Waals surface area contributed by atoms with Crippen LogP contribution in [0.3, 0.4) is 0 Å². The van der Waals surface area contributed by atoms with Gasteiger partial charge in [-0.05, 0) is 61.0 Å². The average molecular weight is 539 g/mol. The predicted octanol–water partition coefficient (Wildman–Crippen LogP) is 5.85. The van der Waals surface area contributed by atoms with Gasteiger partial charge in [0.25, 0.3) is 5.91 Å². The fourth-order valence-corrected chi connectivity index (χ4v) is 5.16. The summed E-state index contributed by atoms with van der Waals surface area (Å²) in [4.78, 5) is 27.2. The predicted molar refractivity (Wildman–Crippen MR) is 144 cm³/mol. The Morgan fingerprint density at radius 2 is 1.89 bits per heavy atom. The highest BCUT2D eigenvalue weighted by Gasteiger charge is 2.25. The first-order valence-corrected chi connectivity index (χ1v) is 12.4. The van der Waals surface area contributed by atoms with Gasteiger partial charge in [-0.1, -0.05) is 35.3 Å². The number of carbonyl (C=O) groups excluding carboxylic acids is 1. The fourth-order valence-electron chi connectivity index (χ4n) is 4.74. The Balaban J connectivity index is 1.37. The fraction of sp³-hybridized carbons (Fsp3) is 0.214. The Bertz CT molecular complexity index is 1530. The highest BCUT2D eigenvalue weighted by molar-refractivity contribution is 6.34. The van der Waals surface area contributed by atoms with Crippen LogP contribution in [0.25, 0.3) is 10.9 Å². The second kappa shape index (κ2) is 10.00. The lowest BCUT2D eigenvalue weighted by atomic mass is 10.1. The molecule has 190 valence electrons. The van der Waals surface area contributed by atoms with Crippen molar-refractivity contribution in [2.75, 3.05) is 25.1 Å². The summed E-state index contributed by atoms with van der Waals surface area (Å²) >= 11 is 12.7. The summed E-state index contributed by atoms with van der Waals surface area (Å²) in [5.41, 5.74) is 2.94. The maximum atomic E-state index is 13.6. The number of hydrogen-bond acceptors (Lipinski definition) is 5. The van der Waals surface area contributed by atoms with E-state index in [-0.39, 0.29) is 29.0 Å². The third kappa shape index (κ3) is 4.84. The second-order valence-corrected chi connectivity index (χ2v) is 9.82. The number of aromatic nitrogens is 1. The van der Waals surface area contributed by atoms with Crippen LogP contribution in [0.2, 0.25) is 10.0 Å². The molecule has 9 heteroatoms. The maximum Gasteiger partial charge on any atom is 0.307 e. The molecular formula is C28H24Cl2N2O5. The summed E-state index contributed by atoms with van der Waals surface area (Å²) in [6.07, 6.45) is -0.403. The van der Waals surface area contributed by atoms with E-state index in [1.807, 2.05) is 31.3 Å². The molecule has 3 aromatic carbocycles. The molecule has 0 amide bonds. The van der Waals surface area contributed by atoms with Crippen LogP contribution in [0.5, 0.6) is 11.5 Å². The van der Waals surface area contributed by atoms with Crippen molar-refractivity contribution in [3.8, 4) is 11.5 Å². The number of benzene rings is 3. The number of nitrogens with zero attached hydrogens (tertiary/aromatic N) is 2. The first-order valence-electron chi connectivity index (χ1n) is 11.7. The standard InChI is InChI=1S/C28H24Cl2N2O5/c1-16-21(13-27(33)34)22-11-17(29)7-10-24(22)32(16)28(35)20-9-8-18(12-23(20)30)36-15-19-14-31(2)25-5-3-4-6-26(25)37-19/h3-12,19H,13-15H2,1-2H3,(H,33,34)/t19-/m0/s1. The first-order chi connectivity index (χ1) is 17.7. The minimum absolute atomic E-state index is 0.173. The molecular weight excluding hydrogens is 515 g/mol. The molecule has 4 aromatic rings. The minimum Gasteiger partial charge on any atom is -0.490 e. The third-order valence-corrected chi connectivity index (χ3v) is 7.03. The van der Waals surface area contributed by atoms with Crippen LogP contribution in [0.15, 0.2) is 60.7 Å². The van der Waals surface area contributed by atoms with Crippen LogP contribution in [0.1, 0.15) is 21.6 Å². The molecule has 1 aliphatic rings. The van der Waals surface area contributed by atoms with E-state index in [9.17, 15) is 14.7 Å². The quantitative estimate of drug-likeness (QED) is 0.331. The minimum atomic E-state index is -0.995. The molecule has 0 radical (unpaired) electrons. The Labute approximate surface area is 223 Å². The Morgan fingerprint density at radius 3 is 2.65 bits per heavy atom. The number of carbonyl (C=O) groups is 2. The van der Waals surface area contributed by atoms with Gasteiger partial charge in [0, 0.05) is 23.2 Å². The van der Waals surface area contributed by atoms with Crippen molar-refractivity contribution in [3.05, 3.63) is 87.5 Å². The topological polar surface area (TPSA) is 81.0 Å². The first kappa shape index (κ1) is 25.0. The molecule has 1 atom stereocenters. The van der Waals surface area contributed by atoms with Gasteiger partial charge < -0.3 is 19.5 Å². The van der Waals surface area contributed by atoms with Crippen molar-refractivity contribution in [2.45, 2.75) is 19.4 Å². The van der Waals surface area contributed by atoms with Gasteiger partial charge in [0.15, 0.2) is 0 Å². The number of anilines is 1. The highest BCUT2D eigenvalue weighted by Crippen LogP contribution is 2.33. The molecule has 0 saturated carbocycles. The Kier molecular flexibility index (Phi) is 6.75. The number of likely N-dealkylation sites (N-methyl/N-ethyl adjacent to an activating group) is 1. The van der Waals surface area contributed by atoms with Crippen molar-refractivity contribution >= 4 is 51.7 Å². The van der Waals surface area contributed by atoms with Crippen LogP contribution < -0.4 is 14.4 Å². The molecule has 0 fully saturated rings. The lowest BCUT2D eigenvalue weighted by Gasteiger charge is -2.33. The van der Waals surface area contributed by atoms with Crippen LogP contribution in [-0.2, 0) is 11.2 Å². The molecule has 0 unspecified atom stereocenters. The van der Waals surface area contributed by atoms with Gasteiger partial charge in [-0.3, -0.25) is 14.2 Å². The Hall–Kier alpha value is -3.68. The largest absolute Gasteiger partial charge is 0.490 e. The summed E-state index contributed by atoms with van der Waals surface area (Å²) < 4.78 is 13.5. The summed E-state index contributed by atoms with van der Waals surface area (Å²) in [5, 5.41) is 10.7. The zero-order valence-electron chi connectivity index (χ0n) is 20.2. The number of rotatable bonds is 6. The molecule has 5 rings (SSSR count). The number of para-hydroxylation sites is 2. The summed E-state index contributed by atoms with van der Waals surface area (Å²) in [5.74, 6) is -0.0432. The van der Waals surface area contributed by atoms with Gasteiger partial charge in [0.05, 0.1) is 34.8 Å². The van der Waals surface area contributed by atoms with Crippen LogP contribution in [0, 0.1) is 6.92 Å². The molecule has 1 N–H and O–H groups in total. The molecule has 0 saturated heterocycles. The molecule has 0 spiro atoms. The van der Waals surface area contributed by atoms with Gasteiger partial charge in [0.1, 0.15) is 24.2 Å². The molecule has 7 nitrogen and oxygen atoms in total. The van der Waals surface area contributed by atoms with E-state index in [2.05, 4.69) is 4.90 Å². The van der Waals surface area contributed by atoms with Crippen LogP contribution >= 0.6 is 23.2 Å². The summed E-state index contributed by atoms with van der Waals surface area (Å²) in [7, 11) is 2.01. The molecule has 0 bridgehead atoms. The normalized spacial score (nSPS) is 14.8. The van der Waals surface area contributed by atoms with E-state index in [0.29, 0.717) is 46.1 Å². The van der Waals surface area contributed by atoms with Gasteiger partial charge in [-0.15, -0.1) is 0 Å². The molecule has 2 heterocycles. The van der Waals surface area contributed by atoms with Crippen LogP contribution in [-0.4, -0.2) is 47.9 Å². The number of fused-ring (bicyclic) bond motifs is 2. The average Bonchev–Trinajstić information content (AvgIpc) is 3.12. The van der Waals surface area contributed by atoms with E-state index >= 15 is 0 Å². The molecule has 0 aliphatic carbocycles. The van der Waals surface area contributed by atoms with E-state index in [0.717, 1.165) is 11.4 Å². The third-order valence-electron chi connectivity index (χ3n) is 6.48. The monoisotopic (exact) mass is 538 g/mol. The SMILES string of the molecule is Cc1c(CC(=O)O)c2cc(Cl)ccc2n1C(=O)c1ccc(OC[C@@H]2CN(C)c3ccccc3O2)cc1Cl. The zero-order chi connectivity index (χ0) is 26.3. The number of halogens is 2. The van der Waals surface area contributed by atoms with Gasteiger partial charge in [-0.25, -0.2) is 0 Å². The van der Waals surface area contributed by atoms with E-state index in [1.54, 1.807) is 43.3 Å². The number of carboxylic acids is 1. The molecule has 1 aliphatic heterocycles. The maximum absolute atomic E-state index is 13.6. The van der Waals surface area contributed by atoms with Crippen molar-refractivity contribution in [1.29, 1.82) is 0 Å².